The molecule has 0 fully saturated rings. The smallest absolute Gasteiger partial charge is 0.0899 e. The number of aromatic nitrogens is 1. The Morgan fingerprint density at radius 1 is 1.33 bits per heavy atom. The van der Waals surface area contributed by atoms with Crippen LogP contribution in [-0.2, 0) is 34.4 Å². The van der Waals surface area contributed by atoms with Gasteiger partial charge < -0.3 is 25.2 Å². The van der Waals surface area contributed by atoms with E-state index in [2.05, 4.69) is 4.98 Å². The molecule has 0 aliphatic rings. The van der Waals surface area contributed by atoms with Gasteiger partial charge in [-0.25, -0.2) is 0 Å². The van der Waals surface area contributed by atoms with Gasteiger partial charge in [-0.05, 0) is 12.1 Å². The summed E-state index contributed by atoms with van der Waals surface area (Å²) in [4.78, 5) is 21.8. The molecule has 0 radical (unpaired) electrons. The standard InChI is InChI=1S/C6H5NO2.Cr.Fe.NO3/c8-6(9)5-3-1-2-4-7-5;;;2-1(3)4/h1-4H,(H,8,9);;;/q;;;-1/p-1. The van der Waals surface area contributed by atoms with Crippen molar-refractivity contribution in [2.45, 2.75) is 0 Å². The van der Waals surface area contributed by atoms with Crippen LogP contribution in [0.2, 0.25) is 0 Å². The largest absolute Gasteiger partial charge is 0.543 e. The zero-order chi connectivity index (χ0) is 10.3. The van der Waals surface area contributed by atoms with E-state index in [0.29, 0.717) is 0 Å². The van der Waals surface area contributed by atoms with E-state index in [0.717, 1.165) is 0 Å². The van der Waals surface area contributed by atoms with Gasteiger partial charge in [-0.3, -0.25) is 4.98 Å². The maximum absolute atomic E-state index is 10.0. The van der Waals surface area contributed by atoms with Crippen LogP contribution in [0.25, 0.3) is 0 Å². The number of carbonyl (C=O) groups is 1. The van der Waals surface area contributed by atoms with Crippen molar-refractivity contribution in [2.24, 2.45) is 0 Å². The van der Waals surface area contributed by atoms with Crippen molar-refractivity contribution in [2.75, 3.05) is 0 Å². The van der Waals surface area contributed by atoms with E-state index in [1.807, 2.05) is 0 Å². The second-order valence-corrected chi connectivity index (χ2v) is 1.73. The number of hydrogen-bond donors (Lipinski definition) is 0. The van der Waals surface area contributed by atoms with Crippen LogP contribution >= 0.6 is 0 Å². The van der Waals surface area contributed by atoms with Crippen LogP contribution in [0.15, 0.2) is 24.4 Å². The van der Waals surface area contributed by atoms with E-state index in [-0.39, 0.29) is 40.1 Å². The van der Waals surface area contributed by atoms with Gasteiger partial charge in [0.1, 0.15) is 0 Å². The van der Waals surface area contributed by atoms with E-state index in [1.54, 1.807) is 12.1 Å². The quantitative estimate of drug-likeness (QED) is 0.379. The molecule has 84 valence electrons. The molecule has 0 atom stereocenters. The summed E-state index contributed by atoms with van der Waals surface area (Å²) in [5, 5.41) is 24.8. The van der Waals surface area contributed by atoms with E-state index < -0.39 is 11.1 Å². The predicted octanol–water partition coefficient (Wildman–Crippen LogP) is -0.799. The van der Waals surface area contributed by atoms with E-state index in [4.69, 9.17) is 15.3 Å². The average Bonchev–Trinajstić information content (AvgIpc) is 2.05. The van der Waals surface area contributed by atoms with Gasteiger partial charge in [0.15, 0.2) is 0 Å². The van der Waals surface area contributed by atoms with E-state index in [9.17, 15) is 9.90 Å². The van der Waals surface area contributed by atoms with Crippen LogP contribution in [0.5, 0.6) is 0 Å². The molecule has 1 rings (SSSR count). The number of nitrogens with zero attached hydrogens (tertiary/aromatic N) is 2. The Bertz CT molecular complexity index is 293. The number of carbonyl (C=O) groups excluding carboxylic acids is 1. The second kappa shape index (κ2) is 10.9. The monoisotopic (exact) mass is 292 g/mol. The molecule has 1 heterocycles. The van der Waals surface area contributed by atoms with Crippen LogP contribution in [0.3, 0.4) is 0 Å². The number of carboxylic acids is 1. The zero-order valence-electron chi connectivity index (χ0n) is 7.01. The van der Waals surface area contributed by atoms with Gasteiger partial charge in [-0.15, -0.1) is 0 Å². The molecule has 1 aromatic heterocycles. The van der Waals surface area contributed by atoms with Crippen molar-refractivity contribution in [1.82, 2.24) is 4.98 Å². The Kier molecular flexibility index (Phi) is 14.2. The fourth-order valence-corrected chi connectivity index (χ4v) is 0.484. The first kappa shape index (κ1) is 19.4. The molecule has 1 aromatic rings. The molecule has 0 N–H and O–H groups in total. The molecule has 0 unspecified atom stereocenters. The molecule has 0 bridgehead atoms. The topological polar surface area (TPSA) is 119 Å². The predicted molar refractivity (Wildman–Crippen MR) is 38.9 cm³/mol. The molecular weight excluding hydrogens is 288 g/mol. The molecular formula is C6H4CrFeN2O5-2. The Morgan fingerprint density at radius 3 is 2.00 bits per heavy atom. The molecule has 9 heteroatoms. The van der Waals surface area contributed by atoms with Crippen molar-refractivity contribution in [3.8, 4) is 0 Å². The minimum Gasteiger partial charge on any atom is -0.543 e. The number of rotatable bonds is 1. The maximum atomic E-state index is 10.0. The van der Waals surface area contributed by atoms with Crippen LogP contribution in [0, 0.1) is 15.3 Å². The number of carboxylic acid groups (broad SMARTS) is 1. The third kappa shape index (κ3) is 12.9. The third-order valence-corrected chi connectivity index (χ3v) is 0.874. The van der Waals surface area contributed by atoms with E-state index in [1.165, 1.54) is 12.3 Å². The van der Waals surface area contributed by atoms with Crippen LogP contribution < -0.4 is 5.11 Å². The van der Waals surface area contributed by atoms with Crippen LogP contribution in [0.1, 0.15) is 10.5 Å². The fraction of sp³-hybridized carbons (Fsp3) is 0. The summed E-state index contributed by atoms with van der Waals surface area (Å²) in [6.45, 7) is 0. The van der Waals surface area contributed by atoms with Crippen molar-refractivity contribution in [3.05, 3.63) is 45.4 Å². The molecule has 0 amide bonds. The molecule has 7 nitrogen and oxygen atoms in total. The maximum Gasteiger partial charge on any atom is 0.0899 e. The van der Waals surface area contributed by atoms with Gasteiger partial charge in [0, 0.05) is 40.6 Å². The minimum absolute atomic E-state index is 0. The van der Waals surface area contributed by atoms with Gasteiger partial charge in [0.25, 0.3) is 0 Å². The molecule has 15 heavy (non-hydrogen) atoms. The van der Waals surface area contributed by atoms with Crippen molar-refractivity contribution >= 4 is 5.97 Å². The first-order chi connectivity index (χ1) is 6.04. The molecule has 0 aromatic carbocycles. The minimum atomic E-state index is -1.75. The first-order valence-corrected chi connectivity index (χ1v) is 2.98. The van der Waals surface area contributed by atoms with Gasteiger partial charge in [-0.2, -0.15) is 0 Å². The molecule has 0 saturated heterocycles. The Labute approximate surface area is 106 Å². The third-order valence-electron chi connectivity index (χ3n) is 0.874. The Hall–Kier alpha value is -1.13. The summed E-state index contributed by atoms with van der Waals surface area (Å²) in [6, 6.07) is 4.62. The normalized spacial score (nSPS) is 6.93. The zero-order valence-corrected chi connectivity index (χ0v) is 9.39. The SMILES string of the molecule is O=C([O-])c1ccccn1.O=[N+]([O-])[O-].[Cr].[Fe]. The van der Waals surface area contributed by atoms with Crippen molar-refractivity contribution in [3.63, 3.8) is 0 Å². The van der Waals surface area contributed by atoms with E-state index >= 15 is 0 Å². The molecule has 0 saturated carbocycles. The number of pyridine rings is 1. The summed E-state index contributed by atoms with van der Waals surface area (Å²) >= 11 is 0. The van der Waals surface area contributed by atoms with Gasteiger partial charge in [0.2, 0.25) is 0 Å². The average molecular weight is 292 g/mol. The number of hydrogen-bond acceptors (Lipinski definition) is 6. The van der Waals surface area contributed by atoms with Gasteiger partial charge in [-0.1, -0.05) is 6.07 Å². The summed E-state index contributed by atoms with van der Waals surface area (Å²) in [5.74, 6) is -1.24. The Morgan fingerprint density at radius 2 is 1.80 bits per heavy atom. The summed E-state index contributed by atoms with van der Waals surface area (Å²) in [5.41, 5.74) is -0.0301. The number of aromatic carboxylic acids is 1. The van der Waals surface area contributed by atoms with Gasteiger partial charge in [0.05, 0.1) is 16.7 Å². The summed E-state index contributed by atoms with van der Waals surface area (Å²) in [6.07, 6.45) is 1.41. The summed E-state index contributed by atoms with van der Waals surface area (Å²) < 4.78 is 0. The van der Waals surface area contributed by atoms with Crippen molar-refractivity contribution < 1.29 is 49.4 Å². The molecule has 0 spiro atoms. The van der Waals surface area contributed by atoms with Crippen LogP contribution in [0.4, 0.5) is 0 Å². The van der Waals surface area contributed by atoms with Gasteiger partial charge >= 0.3 is 0 Å². The van der Waals surface area contributed by atoms with Crippen LogP contribution in [-0.4, -0.2) is 16.0 Å². The summed E-state index contributed by atoms with van der Waals surface area (Å²) in [7, 11) is 0. The first-order valence-electron chi connectivity index (χ1n) is 2.98. The molecule has 0 aliphatic heterocycles. The fourth-order valence-electron chi connectivity index (χ4n) is 0.484. The second-order valence-electron chi connectivity index (χ2n) is 1.73. The van der Waals surface area contributed by atoms with Crippen molar-refractivity contribution in [1.29, 1.82) is 0 Å². The molecule has 0 aliphatic carbocycles. The Balaban J connectivity index is -0.000000213.